The van der Waals surface area contributed by atoms with Gasteiger partial charge in [-0.25, -0.2) is 21.8 Å². The Bertz CT molecular complexity index is 1060. The Morgan fingerprint density at radius 1 is 1.03 bits per heavy atom. The Labute approximate surface area is 166 Å². The van der Waals surface area contributed by atoms with Crippen LogP contribution in [0.3, 0.4) is 0 Å². The van der Waals surface area contributed by atoms with E-state index in [1.54, 1.807) is 18.2 Å². The highest BCUT2D eigenvalue weighted by molar-refractivity contribution is 7.95. The molecule has 0 amide bonds. The van der Waals surface area contributed by atoms with Crippen molar-refractivity contribution in [3.8, 4) is 0 Å². The van der Waals surface area contributed by atoms with E-state index in [9.17, 15) is 21.6 Å². The lowest BCUT2D eigenvalue weighted by Crippen LogP contribution is -2.47. The first-order valence-corrected chi connectivity index (χ1v) is 10.8. The van der Waals surface area contributed by atoms with Gasteiger partial charge in [0.15, 0.2) is 11.6 Å². The van der Waals surface area contributed by atoms with Crippen LogP contribution in [-0.2, 0) is 10.2 Å². The fourth-order valence-corrected chi connectivity index (χ4v) is 6.26. The first-order chi connectivity index (χ1) is 13.9. The van der Waals surface area contributed by atoms with Crippen LogP contribution in [0.15, 0.2) is 36.4 Å². The largest absolute Gasteiger partial charge is 0.331 e. The van der Waals surface area contributed by atoms with Gasteiger partial charge >= 0.3 is 10.2 Å². The van der Waals surface area contributed by atoms with Crippen LogP contribution in [0, 0.1) is 17.5 Å². The molecule has 2 aromatic carbocycles. The van der Waals surface area contributed by atoms with Crippen molar-refractivity contribution in [2.45, 2.75) is 18.5 Å². The smallest absolute Gasteiger partial charge is 0.311 e. The quantitative estimate of drug-likeness (QED) is 0.819. The van der Waals surface area contributed by atoms with Crippen LogP contribution < -0.4 is 13.9 Å². The fourth-order valence-electron chi connectivity index (χ4n) is 4.53. The number of anilines is 3. The molecular weight excluding hydrogens is 405 g/mol. The van der Waals surface area contributed by atoms with Gasteiger partial charge in [0.2, 0.25) is 0 Å². The molecule has 0 unspecified atom stereocenters. The first-order valence-electron chi connectivity index (χ1n) is 9.40. The van der Waals surface area contributed by atoms with E-state index in [-0.39, 0.29) is 12.2 Å². The molecule has 3 heterocycles. The van der Waals surface area contributed by atoms with Gasteiger partial charge in [0.05, 0.1) is 11.4 Å². The summed E-state index contributed by atoms with van der Waals surface area (Å²) in [5, 5.41) is 3.40. The maximum Gasteiger partial charge on any atom is 0.331 e. The maximum absolute atomic E-state index is 14.4. The number of likely N-dealkylation sites (tertiary alicyclic amines) is 1. The minimum absolute atomic E-state index is 0.140. The summed E-state index contributed by atoms with van der Waals surface area (Å²) in [5.41, 5.74) is -0.314. The minimum atomic E-state index is -4.28. The SMILES string of the molecule is O=S1(=O)N(CCN2C[C@@H]3C[C@H]2CN3)c2ccccc2N1c1c(F)cc(F)cc1F. The molecule has 0 aliphatic carbocycles. The predicted molar refractivity (Wildman–Crippen MR) is 103 cm³/mol. The number of nitrogens with one attached hydrogen (secondary N) is 1. The Balaban J connectivity index is 1.51. The number of piperazine rings is 1. The summed E-state index contributed by atoms with van der Waals surface area (Å²) in [6, 6.07) is 8.12. The zero-order valence-corrected chi connectivity index (χ0v) is 16.2. The molecule has 2 aromatic rings. The Morgan fingerprint density at radius 3 is 2.34 bits per heavy atom. The van der Waals surface area contributed by atoms with Crippen LogP contribution in [0.2, 0.25) is 0 Å². The molecule has 3 aliphatic rings. The van der Waals surface area contributed by atoms with E-state index in [2.05, 4.69) is 10.2 Å². The van der Waals surface area contributed by atoms with E-state index < -0.39 is 33.3 Å². The molecule has 2 atom stereocenters. The Hall–Kier alpha value is -2.30. The second-order valence-corrected chi connectivity index (χ2v) is 9.24. The van der Waals surface area contributed by atoms with Gasteiger partial charge in [-0.1, -0.05) is 12.1 Å². The summed E-state index contributed by atoms with van der Waals surface area (Å²) in [7, 11) is -4.28. The van der Waals surface area contributed by atoms with Gasteiger partial charge in [-0.15, -0.1) is 0 Å². The van der Waals surface area contributed by atoms with Crippen LogP contribution in [0.4, 0.5) is 30.2 Å². The van der Waals surface area contributed by atoms with Gasteiger partial charge in [0, 0.05) is 50.4 Å². The molecule has 0 saturated carbocycles. The molecule has 0 radical (unpaired) electrons. The lowest BCUT2D eigenvalue weighted by molar-refractivity contribution is 0.233. The highest BCUT2D eigenvalue weighted by Gasteiger charge is 2.44. The first kappa shape index (κ1) is 18.7. The third-order valence-electron chi connectivity index (χ3n) is 5.82. The standard InChI is InChI=1S/C19H19F3N4O2S/c20-12-7-15(21)19(16(22)8-12)26-18-4-2-1-3-17(18)25(29(26,27)28)6-5-24-11-13-9-14(24)10-23-13/h1-4,7-8,13-14,23H,5-6,9-11H2/t13-,14-/m0/s1. The Kier molecular flexibility index (Phi) is 4.27. The van der Waals surface area contributed by atoms with Crippen molar-refractivity contribution in [2.75, 3.05) is 34.8 Å². The van der Waals surface area contributed by atoms with E-state index in [0.717, 1.165) is 19.5 Å². The molecule has 3 aliphatic heterocycles. The average Bonchev–Trinajstić information content (AvgIpc) is 3.33. The molecule has 6 nitrogen and oxygen atoms in total. The summed E-state index contributed by atoms with van der Waals surface area (Å²) in [5.74, 6) is -3.65. The molecule has 2 saturated heterocycles. The third kappa shape index (κ3) is 2.89. The lowest BCUT2D eigenvalue weighted by atomic mass is 10.2. The highest BCUT2D eigenvalue weighted by atomic mass is 32.2. The molecule has 1 N–H and O–H groups in total. The molecule has 0 aromatic heterocycles. The lowest BCUT2D eigenvalue weighted by Gasteiger charge is -2.29. The van der Waals surface area contributed by atoms with Gasteiger partial charge in [-0.2, -0.15) is 8.42 Å². The van der Waals surface area contributed by atoms with E-state index in [1.807, 2.05) is 0 Å². The molecule has 2 bridgehead atoms. The Morgan fingerprint density at radius 2 is 1.72 bits per heavy atom. The van der Waals surface area contributed by atoms with Gasteiger partial charge < -0.3 is 5.32 Å². The minimum Gasteiger partial charge on any atom is -0.311 e. The summed E-state index contributed by atoms with van der Waals surface area (Å²) >= 11 is 0. The van der Waals surface area contributed by atoms with Gasteiger partial charge in [-0.3, -0.25) is 4.90 Å². The number of fused-ring (bicyclic) bond motifs is 3. The van der Waals surface area contributed by atoms with Crippen molar-refractivity contribution in [1.82, 2.24) is 10.2 Å². The average molecular weight is 424 g/mol. The van der Waals surface area contributed by atoms with E-state index in [0.29, 0.717) is 40.8 Å². The molecule has 5 rings (SSSR count). The topological polar surface area (TPSA) is 55.9 Å². The normalized spacial score (nSPS) is 25.1. The molecule has 154 valence electrons. The molecule has 0 spiro atoms. The summed E-state index contributed by atoms with van der Waals surface area (Å²) < 4.78 is 70.6. The van der Waals surface area contributed by atoms with Crippen LogP contribution >= 0.6 is 0 Å². The van der Waals surface area contributed by atoms with Crippen molar-refractivity contribution < 1.29 is 21.6 Å². The monoisotopic (exact) mass is 424 g/mol. The van der Waals surface area contributed by atoms with E-state index in [4.69, 9.17) is 0 Å². The van der Waals surface area contributed by atoms with Gasteiger partial charge in [0.25, 0.3) is 0 Å². The van der Waals surface area contributed by atoms with Crippen LogP contribution in [0.1, 0.15) is 6.42 Å². The molecule has 2 fully saturated rings. The summed E-state index contributed by atoms with van der Waals surface area (Å²) in [6.45, 7) is 2.40. The number of hydrogen-bond acceptors (Lipinski definition) is 4. The zero-order valence-electron chi connectivity index (χ0n) is 15.4. The fraction of sp³-hybridized carbons (Fsp3) is 0.368. The van der Waals surface area contributed by atoms with Crippen LogP contribution in [-0.4, -0.2) is 51.6 Å². The zero-order chi connectivity index (χ0) is 20.3. The highest BCUT2D eigenvalue weighted by Crippen LogP contribution is 2.46. The summed E-state index contributed by atoms with van der Waals surface area (Å²) in [4.78, 5) is 2.24. The second-order valence-electron chi connectivity index (χ2n) is 7.54. The number of para-hydroxylation sites is 2. The van der Waals surface area contributed by atoms with E-state index >= 15 is 0 Å². The van der Waals surface area contributed by atoms with Crippen molar-refractivity contribution >= 4 is 27.3 Å². The molecule has 29 heavy (non-hydrogen) atoms. The molecular formula is C19H19F3N4O2S. The second kappa shape index (κ2) is 6.61. The maximum atomic E-state index is 14.4. The van der Waals surface area contributed by atoms with Crippen molar-refractivity contribution in [1.29, 1.82) is 0 Å². The van der Waals surface area contributed by atoms with E-state index in [1.165, 1.54) is 10.4 Å². The van der Waals surface area contributed by atoms with Gasteiger partial charge in [0.1, 0.15) is 11.5 Å². The molecule has 10 heteroatoms. The van der Waals surface area contributed by atoms with Crippen molar-refractivity contribution in [3.63, 3.8) is 0 Å². The number of nitrogens with zero attached hydrogens (tertiary/aromatic N) is 3. The van der Waals surface area contributed by atoms with Crippen LogP contribution in [0.25, 0.3) is 0 Å². The number of halogens is 3. The van der Waals surface area contributed by atoms with Crippen LogP contribution in [0.5, 0.6) is 0 Å². The number of rotatable bonds is 4. The number of hydrogen-bond donors (Lipinski definition) is 1. The van der Waals surface area contributed by atoms with Crippen molar-refractivity contribution in [3.05, 3.63) is 53.8 Å². The number of benzene rings is 2. The summed E-state index contributed by atoms with van der Waals surface area (Å²) in [6.07, 6.45) is 1.04. The third-order valence-corrected chi connectivity index (χ3v) is 7.60. The van der Waals surface area contributed by atoms with Gasteiger partial charge in [-0.05, 0) is 18.6 Å². The predicted octanol–water partition coefficient (Wildman–Crippen LogP) is 2.35. The van der Waals surface area contributed by atoms with Crippen molar-refractivity contribution in [2.24, 2.45) is 0 Å².